The van der Waals surface area contributed by atoms with E-state index in [-0.39, 0.29) is 40.4 Å². The molecule has 20 heavy (non-hydrogen) atoms. The summed E-state index contributed by atoms with van der Waals surface area (Å²) in [5.74, 6) is 0.577. The Hall–Kier alpha value is -0.880. The first-order chi connectivity index (χ1) is 9.06. The molecule has 6 heteroatoms. The van der Waals surface area contributed by atoms with E-state index in [9.17, 15) is 8.42 Å². The van der Waals surface area contributed by atoms with Gasteiger partial charge in [0.2, 0.25) is 0 Å². The maximum Gasteiger partial charge on any atom is 1.00 e. The van der Waals surface area contributed by atoms with E-state index in [0.29, 0.717) is 11.6 Å². The number of rotatable bonds is 3. The van der Waals surface area contributed by atoms with Crippen molar-refractivity contribution in [3.8, 4) is 0 Å². The Morgan fingerprint density at radius 2 is 1.80 bits per heavy atom. The zero-order chi connectivity index (χ0) is 13.5. The Kier molecular flexibility index (Phi) is 4.54. The number of fused-ring (bicyclic) bond motifs is 1. The van der Waals surface area contributed by atoms with Gasteiger partial charge >= 0.3 is 29.6 Å². The fourth-order valence-electron chi connectivity index (χ4n) is 2.11. The predicted octanol–water partition coefficient (Wildman–Crippen LogP) is -0.211. The summed E-state index contributed by atoms with van der Waals surface area (Å²) in [4.78, 5) is 3.70. The van der Waals surface area contributed by atoms with Crippen LogP contribution >= 0.6 is 0 Å². The topological polar surface area (TPSA) is 60.6 Å². The van der Waals surface area contributed by atoms with E-state index < -0.39 is 10.0 Å². The number of hydrogen-bond donors (Lipinski definition) is 0. The number of nitrogens with zero attached hydrogens (tertiary/aromatic N) is 2. The number of aryl methyl sites for hydroxylation is 1. The smallest absolute Gasteiger partial charge is 0.490 e. The minimum Gasteiger partial charge on any atom is -0.490 e. The van der Waals surface area contributed by atoms with E-state index in [1.807, 2.05) is 25.2 Å². The molecule has 0 amide bonds. The van der Waals surface area contributed by atoms with Gasteiger partial charge in [0.1, 0.15) is 10.0 Å². The second-order valence-electron chi connectivity index (χ2n) is 4.74. The minimum absolute atomic E-state index is 0. The Labute approximate surface area is 141 Å². The van der Waals surface area contributed by atoms with Crippen LogP contribution in [-0.4, -0.2) is 14.1 Å². The van der Waals surface area contributed by atoms with Gasteiger partial charge < -0.3 is 9.93 Å². The first-order valence-electron chi connectivity index (χ1n) is 6.04. The van der Waals surface area contributed by atoms with Crippen LogP contribution in [0.1, 0.15) is 5.56 Å². The van der Waals surface area contributed by atoms with Crippen molar-refractivity contribution in [2.75, 3.05) is 0 Å². The van der Waals surface area contributed by atoms with Crippen molar-refractivity contribution in [2.45, 2.75) is 11.8 Å². The van der Waals surface area contributed by atoms with E-state index in [1.165, 1.54) is 0 Å². The summed E-state index contributed by atoms with van der Waals surface area (Å²) in [7, 11) is -3.70. The molecule has 98 valence electrons. The molecule has 0 aliphatic heterocycles. The fraction of sp³-hybridized carbons (Fsp3) is 0.214. The van der Waals surface area contributed by atoms with Crippen molar-refractivity contribution >= 4 is 15.7 Å². The van der Waals surface area contributed by atoms with Crippen LogP contribution in [0.5, 0.6) is 0 Å². The molecule has 2 atom stereocenters. The second kappa shape index (κ2) is 5.85. The van der Waals surface area contributed by atoms with Crippen LogP contribution in [-0.2, 0) is 10.0 Å². The molecular formula is C14H13N2NaO2S. The Morgan fingerprint density at radius 3 is 2.35 bits per heavy atom. The predicted molar refractivity (Wildman–Crippen MR) is 74.4 cm³/mol. The second-order valence-corrected chi connectivity index (χ2v) is 6.33. The van der Waals surface area contributed by atoms with Gasteiger partial charge in [-0.05, 0) is 25.1 Å². The quantitative estimate of drug-likeness (QED) is 0.440. The summed E-state index contributed by atoms with van der Waals surface area (Å²) in [6.45, 7) is 1.90. The number of allylic oxidation sites excluding steroid dienone is 4. The molecule has 0 saturated carbocycles. The Morgan fingerprint density at radius 1 is 1.10 bits per heavy atom. The summed E-state index contributed by atoms with van der Waals surface area (Å²) in [5, 5.41) is 3.89. The summed E-state index contributed by atoms with van der Waals surface area (Å²) >= 11 is 0. The molecule has 2 aliphatic carbocycles. The molecule has 2 aliphatic rings. The number of benzene rings is 1. The standard InChI is InChI=1S/C14H13N2O2S.Na/c1-10-2-6-12(7-3-10)19(17,18)16-15-14-9-5-11-4-8-13(11)14;/h2-9,11,13H,1H3;/q-1;+1/b15-14+;. The molecule has 0 heterocycles. The monoisotopic (exact) mass is 296 g/mol. The van der Waals surface area contributed by atoms with Gasteiger partial charge in [-0.2, -0.15) is 0 Å². The minimum atomic E-state index is -3.70. The van der Waals surface area contributed by atoms with Crippen LogP contribution in [0.25, 0.3) is 4.83 Å². The molecule has 2 unspecified atom stereocenters. The van der Waals surface area contributed by atoms with Crippen molar-refractivity contribution in [3.63, 3.8) is 0 Å². The van der Waals surface area contributed by atoms with Gasteiger partial charge in [-0.1, -0.05) is 35.9 Å². The number of sulfonamides is 1. The van der Waals surface area contributed by atoms with Crippen LogP contribution in [0.4, 0.5) is 0 Å². The van der Waals surface area contributed by atoms with E-state index >= 15 is 0 Å². The van der Waals surface area contributed by atoms with E-state index in [1.54, 1.807) is 24.3 Å². The SMILES string of the molecule is Cc1ccc(S(=O)(=O)[N-]/N=C2\C=CC3C=CC23)cc1.[Na+]. The molecule has 0 aromatic heterocycles. The molecule has 3 rings (SSSR count). The zero-order valence-corrected chi connectivity index (χ0v) is 14.2. The molecule has 0 N–H and O–H groups in total. The average molecular weight is 296 g/mol. The van der Waals surface area contributed by atoms with Gasteiger partial charge in [0, 0.05) is 17.5 Å². The van der Waals surface area contributed by atoms with Crippen molar-refractivity contribution in [1.82, 2.24) is 0 Å². The first-order valence-corrected chi connectivity index (χ1v) is 7.48. The van der Waals surface area contributed by atoms with Gasteiger partial charge in [0.25, 0.3) is 0 Å². The molecule has 1 aromatic carbocycles. The van der Waals surface area contributed by atoms with E-state index in [4.69, 9.17) is 0 Å². The molecule has 4 nitrogen and oxygen atoms in total. The van der Waals surface area contributed by atoms with E-state index in [0.717, 1.165) is 5.56 Å². The number of hydrogen-bond acceptors (Lipinski definition) is 3. The summed E-state index contributed by atoms with van der Waals surface area (Å²) in [6.07, 6.45) is 7.93. The first kappa shape index (κ1) is 15.5. The van der Waals surface area contributed by atoms with Crippen molar-refractivity contribution < 1.29 is 38.0 Å². The Bertz CT molecular complexity index is 690. The zero-order valence-electron chi connectivity index (χ0n) is 11.4. The molecule has 0 radical (unpaired) electrons. The van der Waals surface area contributed by atoms with E-state index in [2.05, 4.69) is 16.0 Å². The third-order valence-corrected chi connectivity index (χ3v) is 4.53. The van der Waals surface area contributed by atoms with Crippen LogP contribution in [0, 0.1) is 18.8 Å². The third kappa shape index (κ3) is 2.91. The van der Waals surface area contributed by atoms with Gasteiger partial charge in [-0.25, -0.2) is 8.42 Å². The molecule has 0 saturated heterocycles. The van der Waals surface area contributed by atoms with Gasteiger partial charge in [0.05, 0.1) is 4.90 Å². The fourth-order valence-corrected chi connectivity index (χ4v) is 2.89. The molecule has 0 fully saturated rings. The maximum absolute atomic E-state index is 12.0. The van der Waals surface area contributed by atoms with Gasteiger partial charge in [0.15, 0.2) is 0 Å². The average Bonchev–Trinajstić information content (AvgIpc) is 2.62. The largest absolute Gasteiger partial charge is 1.00 e. The summed E-state index contributed by atoms with van der Waals surface area (Å²) in [6, 6.07) is 6.58. The Balaban J connectivity index is 0.00000147. The molecular weight excluding hydrogens is 283 g/mol. The van der Waals surface area contributed by atoms with Crippen LogP contribution in [0.3, 0.4) is 0 Å². The normalized spacial score (nSPS) is 24.9. The molecule has 1 aromatic rings. The summed E-state index contributed by atoms with van der Waals surface area (Å²) < 4.78 is 24.0. The molecule has 0 spiro atoms. The van der Waals surface area contributed by atoms with Crippen molar-refractivity contribution in [2.24, 2.45) is 16.9 Å². The van der Waals surface area contributed by atoms with Crippen LogP contribution < -0.4 is 29.6 Å². The van der Waals surface area contributed by atoms with Gasteiger partial charge in [-0.3, -0.25) is 0 Å². The summed E-state index contributed by atoms with van der Waals surface area (Å²) in [5.41, 5.74) is 1.72. The maximum atomic E-state index is 12.0. The molecule has 0 bridgehead atoms. The van der Waals surface area contributed by atoms with Gasteiger partial charge in [-0.15, -0.1) is 0 Å². The van der Waals surface area contributed by atoms with Crippen molar-refractivity contribution in [3.05, 3.63) is 59.0 Å². The van der Waals surface area contributed by atoms with Crippen LogP contribution in [0.2, 0.25) is 0 Å². The van der Waals surface area contributed by atoms with Crippen LogP contribution in [0.15, 0.2) is 58.6 Å². The van der Waals surface area contributed by atoms with Crippen molar-refractivity contribution in [1.29, 1.82) is 0 Å². The third-order valence-electron chi connectivity index (χ3n) is 3.37.